The number of allylic oxidation sites excluding steroid dienone is 1. The molecule has 1 saturated carbocycles. The van der Waals surface area contributed by atoms with E-state index in [-0.39, 0.29) is 0 Å². The summed E-state index contributed by atoms with van der Waals surface area (Å²) in [5.41, 5.74) is 0. The first-order valence-corrected chi connectivity index (χ1v) is 16.9. The monoisotopic (exact) mass is 502 g/mol. The number of nitrogens with one attached hydrogen (secondary N) is 1. The Kier molecular flexibility index (Phi) is 17.5. The van der Waals surface area contributed by atoms with Gasteiger partial charge in [0.05, 0.1) is 0 Å². The highest BCUT2D eigenvalue weighted by Crippen LogP contribution is 2.47. The van der Waals surface area contributed by atoms with Crippen molar-refractivity contribution >= 4 is 0 Å². The average Bonchev–Trinajstić information content (AvgIpc) is 2.86. The summed E-state index contributed by atoms with van der Waals surface area (Å²) in [4.78, 5) is 0. The summed E-state index contributed by atoms with van der Waals surface area (Å²) >= 11 is 0. The van der Waals surface area contributed by atoms with Crippen LogP contribution in [0.2, 0.25) is 0 Å². The number of hydrogen-bond donors (Lipinski definition) is 1. The predicted molar refractivity (Wildman–Crippen MR) is 163 cm³/mol. The normalized spacial score (nSPS) is 30.8. The fraction of sp³-hybridized carbons (Fsp3) is 0.943. The van der Waals surface area contributed by atoms with Crippen molar-refractivity contribution < 1.29 is 0 Å². The molecule has 1 aliphatic carbocycles. The highest BCUT2D eigenvalue weighted by molar-refractivity contribution is 4.96. The smallest absolute Gasteiger partial charge is 0.0247 e. The molecule has 2 bridgehead atoms. The first-order chi connectivity index (χ1) is 17.5. The van der Waals surface area contributed by atoms with Crippen LogP contribution in [0.3, 0.4) is 0 Å². The van der Waals surface area contributed by atoms with Gasteiger partial charge in [-0.25, -0.2) is 0 Å². The van der Waals surface area contributed by atoms with Gasteiger partial charge in [0.25, 0.3) is 0 Å². The summed E-state index contributed by atoms with van der Waals surface area (Å²) in [5, 5.41) is 3.82. The van der Waals surface area contributed by atoms with Gasteiger partial charge in [-0.3, -0.25) is 0 Å². The Morgan fingerprint density at radius 3 is 2.22 bits per heavy atom. The summed E-state index contributed by atoms with van der Waals surface area (Å²) in [6, 6.07) is 0.584. The van der Waals surface area contributed by atoms with Crippen molar-refractivity contribution in [2.75, 3.05) is 6.54 Å². The second kappa shape index (κ2) is 19.7. The van der Waals surface area contributed by atoms with E-state index in [4.69, 9.17) is 0 Å². The van der Waals surface area contributed by atoms with Crippen LogP contribution in [-0.2, 0) is 0 Å². The zero-order chi connectivity index (χ0) is 26.0. The molecule has 0 saturated heterocycles. The van der Waals surface area contributed by atoms with E-state index >= 15 is 0 Å². The van der Waals surface area contributed by atoms with Crippen molar-refractivity contribution in [3.05, 3.63) is 12.2 Å². The minimum Gasteiger partial charge on any atom is -0.311 e. The van der Waals surface area contributed by atoms with Crippen molar-refractivity contribution in [1.82, 2.24) is 5.32 Å². The third-order valence-electron chi connectivity index (χ3n) is 9.97. The summed E-state index contributed by atoms with van der Waals surface area (Å²) in [6.45, 7) is 13.4. The maximum absolute atomic E-state index is 3.82. The molecule has 0 aromatic rings. The topological polar surface area (TPSA) is 12.0 Å². The molecule has 0 spiro atoms. The second-order valence-corrected chi connectivity index (χ2v) is 13.5. The van der Waals surface area contributed by atoms with E-state index in [0.29, 0.717) is 6.04 Å². The molecule has 0 aromatic carbocycles. The van der Waals surface area contributed by atoms with Crippen LogP contribution < -0.4 is 5.32 Å². The van der Waals surface area contributed by atoms with Crippen LogP contribution in [0.4, 0.5) is 0 Å². The Hall–Kier alpha value is -0.300. The third-order valence-corrected chi connectivity index (χ3v) is 9.97. The van der Waals surface area contributed by atoms with E-state index < -0.39 is 0 Å². The molecule has 36 heavy (non-hydrogen) atoms. The van der Waals surface area contributed by atoms with Gasteiger partial charge in [-0.05, 0) is 74.2 Å². The number of rotatable bonds is 12. The van der Waals surface area contributed by atoms with Crippen LogP contribution in [0, 0.1) is 35.5 Å². The van der Waals surface area contributed by atoms with Gasteiger partial charge in [0, 0.05) is 6.04 Å². The highest BCUT2D eigenvalue weighted by atomic mass is 14.9. The first kappa shape index (κ1) is 31.9. The van der Waals surface area contributed by atoms with Crippen molar-refractivity contribution in [2.45, 2.75) is 169 Å². The molecule has 5 unspecified atom stereocenters. The van der Waals surface area contributed by atoms with Crippen LogP contribution in [0.5, 0.6) is 0 Å². The Morgan fingerprint density at radius 1 is 0.806 bits per heavy atom. The molecule has 1 nitrogen and oxygen atoms in total. The number of fused-ring (bicyclic) bond motifs is 2. The lowest BCUT2D eigenvalue weighted by Crippen LogP contribution is -2.35. The molecular weight excluding hydrogens is 434 g/mol. The molecule has 1 aliphatic heterocycles. The molecule has 0 aromatic heterocycles. The highest BCUT2D eigenvalue weighted by Gasteiger charge is 2.37. The lowest BCUT2D eigenvalue weighted by molar-refractivity contribution is 0.0596. The van der Waals surface area contributed by atoms with Gasteiger partial charge in [-0.1, -0.05) is 143 Å². The zero-order valence-corrected chi connectivity index (χ0v) is 25.5. The van der Waals surface area contributed by atoms with Crippen molar-refractivity contribution in [3.63, 3.8) is 0 Å². The lowest BCUT2D eigenvalue weighted by atomic mass is 9.61. The molecular formula is C35H67N. The summed E-state index contributed by atoms with van der Waals surface area (Å²) < 4.78 is 0. The molecule has 0 radical (unpaired) electrons. The molecule has 1 heteroatoms. The molecule has 0 amide bonds. The van der Waals surface area contributed by atoms with Gasteiger partial charge in [-0.15, -0.1) is 0 Å². The Bertz CT molecular complexity index is 537. The Morgan fingerprint density at radius 2 is 1.50 bits per heavy atom. The van der Waals surface area contributed by atoms with Gasteiger partial charge in [-0.2, -0.15) is 0 Å². The van der Waals surface area contributed by atoms with E-state index in [1.54, 1.807) is 0 Å². The van der Waals surface area contributed by atoms with E-state index in [9.17, 15) is 0 Å². The average molecular weight is 502 g/mol. The first-order valence-electron chi connectivity index (χ1n) is 16.9. The van der Waals surface area contributed by atoms with Gasteiger partial charge >= 0.3 is 0 Å². The molecule has 2 rings (SSSR count). The number of hydrogen-bond acceptors (Lipinski definition) is 1. The number of unbranched alkanes of at least 4 members (excludes halogenated alkanes) is 4. The van der Waals surface area contributed by atoms with Crippen LogP contribution in [0.25, 0.3) is 0 Å². The van der Waals surface area contributed by atoms with Crippen molar-refractivity contribution in [3.8, 4) is 0 Å². The maximum atomic E-state index is 3.82. The minimum absolute atomic E-state index is 0.584. The van der Waals surface area contributed by atoms with Crippen LogP contribution >= 0.6 is 0 Å². The summed E-state index contributed by atoms with van der Waals surface area (Å²) in [6.07, 6.45) is 33.9. The summed E-state index contributed by atoms with van der Waals surface area (Å²) in [7, 11) is 0. The lowest BCUT2D eigenvalue weighted by Gasteiger charge is -2.44. The van der Waals surface area contributed by atoms with Gasteiger partial charge in [0.15, 0.2) is 0 Å². The van der Waals surface area contributed by atoms with E-state index in [1.807, 2.05) is 0 Å². The quantitative estimate of drug-likeness (QED) is 0.207. The SMILES string of the molecule is CCCC(CCCCCCCC(C)C)C1CC2C/C=C/C(CC)NCCCCCCCCC(C2)[C@H]1C. The van der Waals surface area contributed by atoms with Gasteiger partial charge in [0.1, 0.15) is 0 Å². The van der Waals surface area contributed by atoms with Crippen molar-refractivity contribution in [1.29, 1.82) is 0 Å². The minimum atomic E-state index is 0.584. The fourth-order valence-electron chi connectivity index (χ4n) is 7.63. The van der Waals surface area contributed by atoms with Crippen LogP contribution in [-0.4, -0.2) is 12.6 Å². The van der Waals surface area contributed by atoms with Gasteiger partial charge in [0.2, 0.25) is 0 Å². The van der Waals surface area contributed by atoms with Crippen LogP contribution in [0.1, 0.15) is 163 Å². The Labute approximate surface area is 228 Å². The van der Waals surface area contributed by atoms with Crippen LogP contribution in [0.15, 0.2) is 12.2 Å². The molecule has 212 valence electrons. The largest absolute Gasteiger partial charge is 0.311 e. The van der Waals surface area contributed by atoms with E-state index in [1.165, 1.54) is 135 Å². The Balaban J connectivity index is 1.97. The standard InChI is InChI=1S/C35H67N/c1-6-20-32(23-16-13-10-11-15-21-29(3)4)35-28-31-22-19-25-34(7-2)36-26-18-14-9-8-12-17-24-33(27-31)30(35)5/h19,25,29-36H,6-18,20-24,26-28H2,1-5H3/b25-19+/t30-,31?,32?,33?,34?,35?/m1/s1. The maximum Gasteiger partial charge on any atom is 0.0247 e. The molecule has 2 aliphatic rings. The van der Waals surface area contributed by atoms with Crippen molar-refractivity contribution in [2.24, 2.45) is 35.5 Å². The van der Waals surface area contributed by atoms with E-state index in [0.717, 1.165) is 35.5 Å². The zero-order valence-electron chi connectivity index (χ0n) is 25.5. The predicted octanol–water partition coefficient (Wildman–Crippen LogP) is 11.1. The molecule has 1 N–H and O–H groups in total. The second-order valence-electron chi connectivity index (χ2n) is 13.5. The fourth-order valence-corrected chi connectivity index (χ4v) is 7.63. The third kappa shape index (κ3) is 13.0. The molecule has 1 fully saturated rings. The molecule has 6 atom stereocenters. The molecule has 1 heterocycles. The van der Waals surface area contributed by atoms with Gasteiger partial charge < -0.3 is 5.32 Å². The van der Waals surface area contributed by atoms with E-state index in [2.05, 4.69) is 52.1 Å². The summed E-state index contributed by atoms with van der Waals surface area (Å²) in [5.74, 6) is 5.67.